The maximum Gasteiger partial charge on any atom is 0.225 e. The molecule has 1 aromatic heterocycles. The summed E-state index contributed by atoms with van der Waals surface area (Å²) in [7, 11) is -1.95. The van der Waals surface area contributed by atoms with E-state index in [1.807, 2.05) is 26.2 Å². The van der Waals surface area contributed by atoms with Gasteiger partial charge in [-0.3, -0.25) is 9.02 Å². The van der Waals surface area contributed by atoms with Gasteiger partial charge in [-0.1, -0.05) is 0 Å². The first kappa shape index (κ1) is 14.8. The van der Waals surface area contributed by atoms with Crippen LogP contribution in [0.5, 0.6) is 0 Å². The second-order valence-electron chi connectivity index (χ2n) is 3.01. The highest BCUT2D eigenvalue weighted by molar-refractivity contribution is 7.80. The first-order valence-corrected chi connectivity index (χ1v) is 5.67. The predicted octanol–water partition coefficient (Wildman–Crippen LogP) is -0.258. The number of pyridine rings is 1. The lowest BCUT2D eigenvalue weighted by Gasteiger charge is -1.98. The third-order valence-electron chi connectivity index (χ3n) is 1.53. The lowest BCUT2D eigenvalue weighted by Crippen LogP contribution is -2.40. The van der Waals surface area contributed by atoms with Crippen LogP contribution in [0.25, 0.3) is 0 Å². The van der Waals surface area contributed by atoms with E-state index in [1.54, 1.807) is 11.8 Å². The molecular weight excluding hydrogens is 234 g/mol. The zero-order valence-electron chi connectivity index (χ0n) is 9.63. The number of hydrogen-bond acceptors (Lipinski definition) is 5. The second kappa shape index (κ2) is 6.41. The zero-order chi connectivity index (χ0) is 12.8. The standard InChI is InChI=1S/C8H12NO.CH4O4S/c1-7-4-8(2)6-9(5-7)10-3;1-5-6(2,3)4/h4-6H,1-3H3;1H3,(H,2,3,4)/q+1;/p-1. The third-order valence-corrected chi connectivity index (χ3v) is 1.94. The van der Waals surface area contributed by atoms with Crippen molar-refractivity contribution in [1.82, 2.24) is 0 Å². The van der Waals surface area contributed by atoms with Crippen molar-refractivity contribution in [2.75, 3.05) is 14.2 Å². The molecule has 0 aliphatic heterocycles. The molecule has 0 spiro atoms. The minimum atomic E-state index is -4.41. The quantitative estimate of drug-likeness (QED) is 0.410. The summed E-state index contributed by atoms with van der Waals surface area (Å²) < 4.78 is 32.7. The van der Waals surface area contributed by atoms with Crippen molar-refractivity contribution in [3.8, 4) is 0 Å². The summed E-state index contributed by atoms with van der Waals surface area (Å²) in [5.41, 5.74) is 2.42. The van der Waals surface area contributed by atoms with Gasteiger partial charge in [0, 0.05) is 15.9 Å². The fourth-order valence-electron chi connectivity index (χ4n) is 0.978. The first-order valence-electron chi connectivity index (χ1n) is 4.34. The molecule has 1 aromatic rings. The molecule has 0 amide bonds. The highest BCUT2D eigenvalue weighted by Crippen LogP contribution is 1.95. The summed E-state index contributed by atoms with van der Waals surface area (Å²) >= 11 is 0. The Kier molecular flexibility index (Phi) is 5.94. The van der Waals surface area contributed by atoms with Crippen LogP contribution in [-0.2, 0) is 14.6 Å². The van der Waals surface area contributed by atoms with Crippen LogP contribution in [0.4, 0.5) is 0 Å². The predicted molar refractivity (Wildman–Crippen MR) is 55.3 cm³/mol. The number of nitrogens with zero attached hydrogens (tertiary/aromatic N) is 1. The minimum absolute atomic E-state index is 0.808. The van der Waals surface area contributed by atoms with Crippen molar-refractivity contribution in [3.63, 3.8) is 0 Å². The largest absolute Gasteiger partial charge is 0.726 e. The Hall–Kier alpha value is -1.18. The average Bonchev–Trinajstić information content (AvgIpc) is 2.16. The monoisotopic (exact) mass is 249 g/mol. The molecule has 0 atom stereocenters. The average molecular weight is 249 g/mol. The normalized spacial score (nSPS) is 10.3. The van der Waals surface area contributed by atoms with Crippen molar-refractivity contribution in [2.45, 2.75) is 13.8 Å². The van der Waals surface area contributed by atoms with Gasteiger partial charge in [-0.25, -0.2) is 8.42 Å². The minimum Gasteiger partial charge on any atom is -0.726 e. The molecule has 1 heterocycles. The molecule has 92 valence electrons. The van der Waals surface area contributed by atoms with E-state index in [-0.39, 0.29) is 0 Å². The molecule has 1 rings (SSSR count). The molecule has 0 radical (unpaired) electrons. The van der Waals surface area contributed by atoms with Crippen molar-refractivity contribution in [1.29, 1.82) is 0 Å². The topological polar surface area (TPSA) is 79.5 Å². The lowest BCUT2D eigenvalue weighted by atomic mass is 10.2. The van der Waals surface area contributed by atoms with Crippen molar-refractivity contribution >= 4 is 10.4 Å². The van der Waals surface area contributed by atoms with Gasteiger partial charge < -0.3 is 4.55 Å². The Labute approximate surface area is 95.3 Å². The fourth-order valence-corrected chi connectivity index (χ4v) is 0.978. The van der Waals surface area contributed by atoms with Crippen molar-refractivity contribution < 1.29 is 26.7 Å². The number of aromatic nitrogens is 1. The smallest absolute Gasteiger partial charge is 0.225 e. The summed E-state index contributed by atoms with van der Waals surface area (Å²) in [6, 6.07) is 2.11. The van der Waals surface area contributed by atoms with E-state index in [0.29, 0.717) is 0 Å². The summed E-state index contributed by atoms with van der Waals surface area (Å²) in [6.07, 6.45) is 3.88. The van der Waals surface area contributed by atoms with Crippen LogP contribution in [0, 0.1) is 13.8 Å². The highest BCUT2D eigenvalue weighted by Gasteiger charge is 1.99. The van der Waals surface area contributed by atoms with E-state index in [2.05, 4.69) is 10.2 Å². The van der Waals surface area contributed by atoms with Crippen LogP contribution in [0.2, 0.25) is 0 Å². The number of hydrogen-bond donors (Lipinski definition) is 0. The maximum absolute atomic E-state index is 9.22. The Morgan fingerprint density at radius 2 is 1.56 bits per heavy atom. The molecule has 0 fully saturated rings. The molecule has 7 heteroatoms. The Morgan fingerprint density at radius 1 is 1.19 bits per heavy atom. The summed E-state index contributed by atoms with van der Waals surface area (Å²) in [4.78, 5) is 4.99. The Bertz CT molecular complexity index is 409. The second-order valence-corrected chi connectivity index (χ2v) is 4.16. The van der Waals surface area contributed by atoms with E-state index < -0.39 is 10.4 Å². The van der Waals surface area contributed by atoms with Crippen LogP contribution >= 0.6 is 0 Å². The van der Waals surface area contributed by atoms with Crippen LogP contribution in [0.15, 0.2) is 18.5 Å². The van der Waals surface area contributed by atoms with E-state index in [9.17, 15) is 13.0 Å². The molecule has 0 bridgehead atoms. The molecule has 6 nitrogen and oxygen atoms in total. The van der Waals surface area contributed by atoms with E-state index in [0.717, 1.165) is 7.11 Å². The van der Waals surface area contributed by atoms with E-state index >= 15 is 0 Å². The Morgan fingerprint density at radius 3 is 1.81 bits per heavy atom. The summed E-state index contributed by atoms with van der Waals surface area (Å²) in [5.74, 6) is 0. The zero-order valence-corrected chi connectivity index (χ0v) is 10.4. The van der Waals surface area contributed by atoms with E-state index in [1.165, 1.54) is 11.1 Å². The van der Waals surface area contributed by atoms with Gasteiger partial charge in [-0.05, 0) is 19.9 Å². The van der Waals surface area contributed by atoms with Gasteiger partial charge >= 0.3 is 0 Å². The highest BCUT2D eigenvalue weighted by atomic mass is 32.3. The molecule has 0 aromatic carbocycles. The lowest BCUT2D eigenvalue weighted by molar-refractivity contribution is -0.886. The SMILES string of the molecule is COS(=O)(=O)[O-].CO[n+]1cc(C)cc(C)c1. The number of aryl methyl sites for hydroxylation is 2. The van der Waals surface area contributed by atoms with Crippen LogP contribution in [0.3, 0.4) is 0 Å². The van der Waals surface area contributed by atoms with Crippen LogP contribution in [0.1, 0.15) is 11.1 Å². The molecule has 0 saturated carbocycles. The van der Waals surface area contributed by atoms with Crippen LogP contribution in [-0.4, -0.2) is 27.2 Å². The van der Waals surface area contributed by atoms with Crippen molar-refractivity contribution in [3.05, 3.63) is 29.6 Å². The van der Waals surface area contributed by atoms with Crippen molar-refractivity contribution in [2.24, 2.45) is 0 Å². The van der Waals surface area contributed by atoms with Gasteiger partial charge in [0.1, 0.15) is 7.11 Å². The van der Waals surface area contributed by atoms with Gasteiger partial charge in [0.25, 0.3) is 0 Å². The maximum atomic E-state index is 9.22. The Balaban J connectivity index is 0.000000325. The molecule has 0 aliphatic rings. The van der Waals surface area contributed by atoms with Gasteiger partial charge in [0.05, 0.1) is 7.11 Å². The molecule has 0 aliphatic carbocycles. The van der Waals surface area contributed by atoms with Gasteiger partial charge in [0.2, 0.25) is 22.8 Å². The van der Waals surface area contributed by atoms with Gasteiger partial charge in [-0.2, -0.15) is 0 Å². The van der Waals surface area contributed by atoms with E-state index in [4.69, 9.17) is 4.84 Å². The molecule has 0 unspecified atom stereocenters. The number of rotatable bonds is 2. The summed E-state index contributed by atoms with van der Waals surface area (Å²) in [5, 5.41) is 0. The van der Waals surface area contributed by atoms with Crippen LogP contribution < -0.4 is 9.57 Å². The van der Waals surface area contributed by atoms with Gasteiger partial charge in [-0.15, -0.1) is 0 Å². The third kappa shape index (κ3) is 7.16. The fraction of sp³-hybridized carbons (Fsp3) is 0.444. The molecular formula is C9H15NO5S. The first-order chi connectivity index (χ1) is 7.28. The molecule has 0 N–H and O–H groups in total. The van der Waals surface area contributed by atoms with Gasteiger partial charge in [0.15, 0.2) is 0 Å². The summed E-state index contributed by atoms with van der Waals surface area (Å²) in [6.45, 7) is 4.09. The molecule has 0 saturated heterocycles. The molecule has 16 heavy (non-hydrogen) atoms.